The first-order valence-electron chi connectivity index (χ1n) is 11.0. The van der Waals surface area contributed by atoms with Gasteiger partial charge < -0.3 is 9.72 Å². The molecule has 176 valence electrons. The van der Waals surface area contributed by atoms with Crippen molar-refractivity contribution in [3.8, 4) is 5.00 Å². The van der Waals surface area contributed by atoms with E-state index < -0.39 is 5.97 Å². The number of aryl methyl sites for hydroxylation is 2. The van der Waals surface area contributed by atoms with Crippen LogP contribution in [0, 0.1) is 6.92 Å². The number of rotatable bonds is 7. The van der Waals surface area contributed by atoms with E-state index in [1.54, 1.807) is 41.8 Å². The molecule has 2 aromatic carbocycles. The van der Waals surface area contributed by atoms with Gasteiger partial charge in [0.15, 0.2) is 18.2 Å². The Kier molecular flexibility index (Phi) is 6.23. The van der Waals surface area contributed by atoms with Crippen LogP contribution in [0.15, 0.2) is 60.7 Å². The summed E-state index contributed by atoms with van der Waals surface area (Å²) in [6.07, 6.45) is 0.763. The fourth-order valence-corrected chi connectivity index (χ4v) is 5.26. The van der Waals surface area contributed by atoms with E-state index in [-0.39, 0.29) is 12.4 Å². The number of carbonyl (C=O) groups excluding carboxylic acids is 2. The van der Waals surface area contributed by atoms with E-state index in [9.17, 15) is 9.59 Å². The van der Waals surface area contributed by atoms with Crippen molar-refractivity contribution in [2.45, 2.75) is 26.9 Å². The average Bonchev–Trinajstić information content (AvgIpc) is 3.58. The lowest BCUT2D eigenvalue weighted by Gasteiger charge is -2.10. The minimum absolute atomic E-state index is 0.103. The summed E-state index contributed by atoms with van der Waals surface area (Å²) in [5, 5.41) is 10.4. The Hall–Kier alpha value is -3.75. The number of fused-ring (bicyclic) bond motifs is 1. The molecule has 7 nitrogen and oxygen atoms in total. The van der Waals surface area contributed by atoms with E-state index in [2.05, 4.69) is 15.2 Å². The molecule has 0 unspecified atom stereocenters. The minimum atomic E-state index is -0.499. The van der Waals surface area contributed by atoms with Crippen molar-refractivity contribution in [3.05, 3.63) is 99.0 Å². The highest BCUT2D eigenvalue weighted by atomic mass is 35.5. The standard InChI is InChI=1S/C26H21ClN4O3S/c1-3-17-13-19(24(32)18-9-5-6-10-20(18)27)25(35-17)31-15(2)29-30-23(31)14-34-26(33)22-12-16-8-4-7-11-21(16)28-22/h4-13,28H,3,14H2,1-2H3. The number of H-pyrrole nitrogens is 1. The molecule has 9 heteroatoms. The Morgan fingerprint density at radius 3 is 2.60 bits per heavy atom. The Balaban J connectivity index is 1.46. The van der Waals surface area contributed by atoms with Crippen molar-refractivity contribution < 1.29 is 14.3 Å². The highest BCUT2D eigenvalue weighted by molar-refractivity contribution is 7.15. The molecule has 0 fully saturated rings. The van der Waals surface area contributed by atoms with E-state index in [0.717, 1.165) is 22.2 Å². The number of aromatic amines is 1. The van der Waals surface area contributed by atoms with Crippen LogP contribution < -0.4 is 0 Å². The summed E-state index contributed by atoms with van der Waals surface area (Å²) in [6.45, 7) is 3.72. The SMILES string of the molecule is CCc1cc(C(=O)c2ccccc2Cl)c(-n2c(C)nnc2COC(=O)c2cc3ccccc3[nH]2)s1. The molecule has 3 aromatic heterocycles. The van der Waals surface area contributed by atoms with Gasteiger partial charge in [-0.25, -0.2) is 4.79 Å². The summed E-state index contributed by atoms with van der Waals surface area (Å²) in [5.41, 5.74) is 2.14. The molecule has 0 saturated carbocycles. The van der Waals surface area contributed by atoms with Crippen LogP contribution in [0.2, 0.25) is 5.02 Å². The van der Waals surface area contributed by atoms with Gasteiger partial charge in [-0.05, 0) is 43.7 Å². The number of para-hydroxylation sites is 1. The first-order valence-corrected chi connectivity index (χ1v) is 12.2. The van der Waals surface area contributed by atoms with E-state index in [1.165, 1.54) is 11.3 Å². The second kappa shape index (κ2) is 9.48. The summed E-state index contributed by atoms with van der Waals surface area (Å²) in [7, 11) is 0. The highest BCUT2D eigenvalue weighted by Crippen LogP contribution is 2.32. The Labute approximate surface area is 210 Å². The number of thiophene rings is 1. The molecular formula is C26H21ClN4O3S. The zero-order valence-corrected chi connectivity index (χ0v) is 20.6. The Morgan fingerprint density at radius 1 is 1.06 bits per heavy atom. The third-order valence-corrected chi connectivity index (χ3v) is 7.25. The lowest BCUT2D eigenvalue weighted by atomic mass is 10.0. The van der Waals surface area contributed by atoms with Crippen LogP contribution in [0.5, 0.6) is 0 Å². The summed E-state index contributed by atoms with van der Waals surface area (Å²) >= 11 is 7.79. The molecule has 1 N–H and O–H groups in total. The second-order valence-corrected chi connectivity index (χ2v) is 9.46. The van der Waals surface area contributed by atoms with Gasteiger partial charge in [0.1, 0.15) is 16.5 Å². The molecule has 0 aliphatic carbocycles. The van der Waals surface area contributed by atoms with E-state index >= 15 is 0 Å². The summed E-state index contributed by atoms with van der Waals surface area (Å²) in [5.74, 6) is 0.320. The molecule has 0 amide bonds. The van der Waals surface area contributed by atoms with Crippen LogP contribution in [0.4, 0.5) is 0 Å². The highest BCUT2D eigenvalue weighted by Gasteiger charge is 2.24. The molecule has 0 bridgehead atoms. The largest absolute Gasteiger partial charge is 0.453 e. The third-order valence-electron chi connectivity index (χ3n) is 5.65. The van der Waals surface area contributed by atoms with Gasteiger partial charge in [-0.1, -0.05) is 48.9 Å². The smallest absolute Gasteiger partial charge is 0.355 e. The van der Waals surface area contributed by atoms with Crippen molar-refractivity contribution in [1.29, 1.82) is 0 Å². The number of hydrogen-bond donors (Lipinski definition) is 1. The third kappa shape index (κ3) is 4.38. The molecule has 0 spiro atoms. The molecule has 5 rings (SSSR count). The zero-order chi connectivity index (χ0) is 24.5. The summed E-state index contributed by atoms with van der Waals surface area (Å²) < 4.78 is 7.33. The lowest BCUT2D eigenvalue weighted by molar-refractivity contribution is 0.0454. The van der Waals surface area contributed by atoms with Gasteiger partial charge in [0, 0.05) is 21.3 Å². The number of hydrogen-bond acceptors (Lipinski definition) is 6. The topological polar surface area (TPSA) is 89.9 Å². The van der Waals surface area contributed by atoms with Crippen molar-refractivity contribution in [2.75, 3.05) is 0 Å². The molecule has 0 aliphatic rings. The summed E-state index contributed by atoms with van der Waals surface area (Å²) in [6, 6.07) is 18.2. The average molecular weight is 505 g/mol. The van der Waals surface area contributed by atoms with E-state index in [4.69, 9.17) is 16.3 Å². The molecule has 0 aliphatic heterocycles. The molecule has 0 atom stereocenters. The first kappa shape index (κ1) is 23.0. The molecule has 0 saturated heterocycles. The molecule has 3 heterocycles. The number of benzene rings is 2. The van der Waals surface area contributed by atoms with Crippen LogP contribution >= 0.6 is 22.9 Å². The number of carbonyl (C=O) groups is 2. The maximum Gasteiger partial charge on any atom is 0.355 e. The first-order chi connectivity index (χ1) is 17.0. The molecular weight excluding hydrogens is 484 g/mol. The fraction of sp³-hybridized carbons (Fsp3) is 0.154. The number of nitrogens with zero attached hydrogens (tertiary/aromatic N) is 3. The van der Waals surface area contributed by atoms with Crippen LogP contribution in [0.25, 0.3) is 15.9 Å². The van der Waals surface area contributed by atoms with Crippen LogP contribution in [0.1, 0.15) is 49.9 Å². The van der Waals surface area contributed by atoms with Gasteiger partial charge in [0.05, 0.1) is 10.6 Å². The van der Waals surface area contributed by atoms with Crippen molar-refractivity contribution in [2.24, 2.45) is 0 Å². The number of nitrogens with one attached hydrogen (secondary N) is 1. The van der Waals surface area contributed by atoms with Gasteiger partial charge in [-0.15, -0.1) is 21.5 Å². The number of ether oxygens (including phenoxy) is 1. The quantitative estimate of drug-likeness (QED) is 0.219. The van der Waals surface area contributed by atoms with Crippen molar-refractivity contribution >= 4 is 45.6 Å². The van der Waals surface area contributed by atoms with Gasteiger partial charge in [0.25, 0.3) is 0 Å². The van der Waals surface area contributed by atoms with Gasteiger partial charge >= 0.3 is 5.97 Å². The van der Waals surface area contributed by atoms with Gasteiger partial charge in [-0.3, -0.25) is 9.36 Å². The number of ketones is 1. The maximum atomic E-state index is 13.4. The Bertz CT molecular complexity index is 1530. The van der Waals surface area contributed by atoms with E-state index in [1.807, 2.05) is 37.3 Å². The zero-order valence-electron chi connectivity index (χ0n) is 19.0. The molecule has 5 aromatic rings. The van der Waals surface area contributed by atoms with Crippen molar-refractivity contribution in [1.82, 2.24) is 19.7 Å². The molecule has 0 radical (unpaired) electrons. The predicted molar refractivity (Wildman–Crippen MR) is 136 cm³/mol. The molecule has 35 heavy (non-hydrogen) atoms. The van der Waals surface area contributed by atoms with Crippen LogP contribution in [0.3, 0.4) is 0 Å². The number of aromatic nitrogens is 4. The van der Waals surface area contributed by atoms with Gasteiger partial charge in [0.2, 0.25) is 0 Å². The maximum absolute atomic E-state index is 13.4. The monoisotopic (exact) mass is 504 g/mol. The Morgan fingerprint density at radius 2 is 1.83 bits per heavy atom. The summed E-state index contributed by atoms with van der Waals surface area (Å²) in [4.78, 5) is 30.3. The lowest BCUT2D eigenvalue weighted by Crippen LogP contribution is -2.12. The normalized spacial score (nSPS) is 11.2. The van der Waals surface area contributed by atoms with Crippen LogP contribution in [-0.4, -0.2) is 31.5 Å². The minimum Gasteiger partial charge on any atom is -0.453 e. The van der Waals surface area contributed by atoms with Gasteiger partial charge in [-0.2, -0.15) is 0 Å². The second-order valence-electron chi connectivity index (χ2n) is 7.94. The fourth-order valence-electron chi connectivity index (χ4n) is 3.88. The predicted octanol–water partition coefficient (Wildman–Crippen LogP) is 5.92. The van der Waals surface area contributed by atoms with Crippen LogP contribution in [-0.2, 0) is 17.8 Å². The van der Waals surface area contributed by atoms with Crippen molar-refractivity contribution in [3.63, 3.8) is 0 Å². The number of esters is 1. The number of halogens is 1. The van der Waals surface area contributed by atoms with E-state index in [0.29, 0.717) is 38.5 Å².